The molecular weight excluding hydrogens is 330 g/mol. The average molecular weight is 368 g/mol. The normalized spacial score (nSPS) is 20.9. The van der Waals surface area contributed by atoms with E-state index in [1.807, 2.05) is 6.92 Å². The van der Waals surface area contributed by atoms with Crippen LogP contribution < -0.4 is 10.6 Å². The lowest BCUT2D eigenvalue weighted by atomic mass is 10.1. The van der Waals surface area contributed by atoms with E-state index in [9.17, 15) is 4.79 Å². The molecular formula is C19H37N5O2. The SMILES string of the molecule is CCNC(=NCC(C)CN1CCCC1)NC1CCN(C(=O)OCC)CC1. The Balaban J connectivity index is 1.75. The molecule has 1 unspecified atom stereocenters. The summed E-state index contributed by atoms with van der Waals surface area (Å²) in [7, 11) is 0. The standard InChI is InChI=1S/C19H37N5O2/c1-4-20-18(21-14-16(3)15-23-10-6-7-11-23)22-17-8-12-24(13-9-17)19(25)26-5-2/h16-17H,4-15H2,1-3H3,(H2,20,21,22). The zero-order valence-corrected chi connectivity index (χ0v) is 16.8. The predicted octanol–water partition coefficient (Wildman–Crippen LogP) is 1.89. The number of guanidine groups is 1. The summed E-state index contributed by atoms with van der Waals surface area (Å²) in [6.45, 7) is 13.4. The van der Waals surface area contributed by atoms with Crippen molar-refractivity contribution in [3.63, 3.8) is 0 Å². The molecule has 0 aliphatic carbocycles. The van der Waals surface area contributed by atoms with Gasteiger partial charge in [0.25, 0.3) is 0 Å². The van der Waals surface area contributed by atoms with Gasteiger partial charge in [-0.25, -0.2) is 4.79 Å². The highest BCUT2D eigenvalue weighted by Gasteiger charge is 2.24. The molecule has 26 heavy (non-hydrogen) atoms. The van der Waals surface area contributed by atoms with Crippen LogP contribution in [-0.2, 0) is 4.74 Å². The van der Waals surface area contributed by atoms with Crippen molar-refractivity contribution in [1.29, 1.82) is 0 Å². The molecule has 1 atom stereocenters. The van der Waals surface area contributed by atoms with Gasteiger partial charge in [0.1, 0.15) is 0 Å². The van der Waals surface area contributed by atoms with Crippen LogP contribution in [-0.4, -0.2) is 80.3 Å². The Labute approximate surface area is 158 Å². The predicted molar refractivity (Wildman–Crippen MR) is 106 cm³/mol. The van der Waals surface area contributed by atoms with Crippen LogP contribution >= 0.6 is 0 Å². The fraction of sp³-hybridized carbons (Fsp3) is 0.895. The van der Waals surface area contributed by atoms with Crippen LogP contribution in [0.3, 0.4) is 0 Å². The maximum absolute atomic E-state index is 11.8. The Morgan fingerprint density at radius 2 is 1.88 bits per heavy atom. The van der Waals surface area contributed by atoms with E-state index in [0.717, 1.165) is 51.5 Å². The largest absolute Gasteiger partial charge is 0.450 e. The summed E-state index contributed by atoms with van der Waals surface area (Å²) in [5.74, 6) is 1.46. The first-order valence-corrected chi connectivity index (χ1v) is 10.3. The first-order chi connectivity index (χ1) is 12.6. The van der Waals surface area contributed by atoms with Crippen molar-refractivity contribution >= 4 is 12.1 Å². The maximum Gasteiger partial charge on any atom is 0.409 e. The number of aliphatic imine (C=N–C) groups is 1. The minimum Gasteiger partial charge on any atom is -0.450 e. The molecule has 0 aromatic heterocycles. The van der Waals surface area contributed by atoms with Crippen LogP contribution in [0.5, 0.6) is 0 Å². The minimum absolute atomic E-state index is 0.192. The van der Waals surface area contributed by atoms with E-state index in [0.29, 0.717) is 18.6 Å². The van der Waals surface area contributed by atoms with Crippen LogP contribution in [0.25, 0.3) is 0 Å². The summed E-state index contributed by atoms with van der Waals surface area (Å²) in [6, 6.07) is 0.354. The molecule has 0 radical (unpaired) electrons. The number of carbonyl (C=O) groups is 1. The number of nitrogens with one attached hydrogen (secondary N) is 2. The lowest BCUT2D eigenvalue weighted by Crippen LogP contribution is -2.50. The fourth-order valence-corrected chi connectivity index (χ4v) is 3.65. The van der Waals surface area contributed by atoms with Gasteiger partial charge in [0, 0.05) is 38.8 Å². The van der Waals surface area contributed by atoms with Crippen molar-refractivity contribution in [2.75, 3.05) is 52.4 Å². The summed E-state index contributed by atoms with van der Waals surface area (Å²) in [4.78, 5) is 20.9. The van der Waals surface area contributed by atoms with Gasteiger partial charge >= 0.3 is 6.09 Å². The number of likely N-dealkylation sites (tertiary alicyclic amines) is 2. The van der Waals surface area contributed by atoms with Gasteiger partial charge < -0.3 is 25.2 Å². The molecule has 2 saturated heterocycles. The number of carbonyl (C=O) groups excluding carboxylic acids is 1. The number of hydrogen-bond acceptors (Lipinski definition) is 4. The van der Waals surface area contributed by atoms with Crippen molar-refractivity contribution in [2.24, 2.45) is 10.9 Å². The van der Waals surface area contributed by atoms with Gasteiger partial charge in [-0.1, -0.05) is 6.92 Å². The molecule has 0 bridgehead atoms. The molecule has 0 aromatic carbocycles. The number of ether oxygens (including phenoxy) is 1. The van der Waals surface area contributed by atoms with Crippen molar-refractivity contribution in [2.45, 2.75) is 52.5 Å². The summed E-state index contributed by atoms with van der Waals surface area (Å²) < 4.78 is 5.08. The highest BCUT2D eigenvalue weighted by atomic mass is 16.6. The van der Waals surface area contributed by atoms with Crippen LogP contribution in [0.15, 0.2) is 4.99 Å². The molecule has 150 valence electrons. The van der Waals surface area contributed by atoms with Crippen LogP contribution in [0.4, 0.5) is 4.79 Å². The van der Waals surface area contributed by atoms with E-state index >= 15 is 0 Å². The van der Waals surface area contributed by atoms with Crippen LogP contribution in [0, 0.1) is 5.92 Å². The molecule has 0 spiro atoms. The Hall–Kier alpha value is -1.50. The lowest BCUT2D eigenvalue weighted by molar-refractivity contribution is 0.0963. The second-order valence-corrected chi connectivity index (χ2v) is 7.44. The van der Waals surface area contributed by atoms with E-state index in [1.165, 1.54) is 25.9 Å². The second-order valence-electron chi connectivity index (χ2n) is 7.44. The third kappa shape index (κ3) is 7.02. The van der Waals surface area contributed by atoms with Crippen molar-refractivity contribution in [3.8, 4) is 0 Å². The summed E-state index contributed by atoms with van der Waals surface area (Å²) in [6.07, 6.45) is 4.33. The van der Waals surface area contributed by atoms with Crippen LogP contribution in [0.1, 0.15) is 46.5 Å². The van der Waals surface area contributed by atoms with Gasteiger partial charge in [0.2, 0.25) is 0 Å². The topological polar surface area (TPSA) is 69.2 Å². The zero-order chi connectivity index (χ0) is 18.8. The van der Waals surface area contributed by atoms with E-state index in [4.69, 9.17) is 9.73 Å². The quantitative estimate of drug-likeness (QED) is 0.531. The van der Waals surface area contributed by atoms with Crippen molar-refractivity contribution < 1.29 is 9.53 Å². The zero-order valence-electron chi connectivity index (χ0n) is 16.8. The minimum atomic E-state index is -0.192. The first-order valence-electron chi connectivity index (χ1n) is 10.3. The van der Waals surface area contributed by atoms with Gasteiger partial charge in [-0.3, -0.25) is 4.99 Å². The van der Waals surface area contributed by atoms with Gasteiger partial charge in [0.15, 0.2) is 5.96 Å². The molecule has 7 nitrogen and oxygen atoms in total. The van der Waals surface area contributed by atoms with Gasteiger partial charge in [-0.05, 0) is 58.5 Å². The average Bonchev–Trinajstić information content (AvgIpc) is 3.13. The molecule has 1 amide bonds. The maximum atomic E-state index is 11.8. The Kier molecular flexibility index (Phi) is 9.01. The Morgan fingerprint density at radius 3 is 2.50 bits per heavy atom. The highest BCUT2D eigenvalue weighted by molar-refractivity contribution is 5.80. The molecule has 2 aliphatic heterocycles. The Bertz CT molecular complexity index is 443. The molecule has 0 aromatic rings. The molecule has 2 aliphatic rings. The van der Waals surface area contributed by atoms with E-state index in [2.05, 4.69) is 29.4 Å². The fourth-order valence-electron chi connectivity index (χ4n) is 3.65. The van der Waals surface area contributed by atoms with E-state index in [-0.39, 0.29) is 6.09 Å². The number of rotatable bonds is 7. The number of amides is 1. The molecule has 2 fully saturated rings. The molecule has 0 saturated carbocycles. The molecule has 7 heteroatoms. The molecule has 2 heterocycles. The summed E-state index contributed by atoms with van der Waals surface area (Å²) in [5.41, 5.74) is 0. The van der Waals surface area contributed by atoms with Gasteiger partial charge in [0.05, 0.1) is 6.61 Å². The van der Waals surface area contributed by atoms with Gasteiger partial charge in [-0.15, -0.1) is 0 Å². The Morgan fingerprint density at radius 1 is 1.19 bits per heavy atom. The third-order valence-corrected chi connectivity index (χ3v) is 5.04. The third-order valence-electron chi connectivity index (χ3n) is 5.04. The second kappa shape index (κ2) is 11.3. The smallest absolute Gasteiger partial charge is 0.409 e. The lowest BCUT2D eigenvalue weighted by Gasteiger charge is -2.32. The monoisotopic (exact) mass is 367 g/mol. The van der Waals surface area contributed by atoms with E-state index < -0.39 is 0 Å². The first kappa shape index (κ1) is 20.8. The van der Waals surface area contributed by atoms with Crippen molar-refractivity contribution in [3.05, 3.63) is 0 Å². The molecule has 2 rings (SSSR count). The van der Waals surface area contributed by atoms with Crippen molar-refractivity contribution in [1.82, 2.24) is 20.4 Å². The summed E-state index contributed by atoms with van der Waals surface area (Å²) >= 11 is 0. The number of nitrogens with zero attached hydrogens (tertiary/aromatic N) is 3. The van der Waals surface area contributed by atoms with Gasteiger partial charge in [-0.2, -0.15) is 0 Å². The number of hydrogen-bond donors (Lipinski definition) is 2. The van der Waals surface area contributed by atoms with Crippen LogP contribution in [0.2, 0.25) is 0 Å². The van der Waals surface area contributed by atoms with E-state index in [1.54, 1.807) is 4.90 Å². The number of piperidine rings is 1. The highest BCUT2D eigenvalue weighted by Crippen LogP contribution is 2.12. The summed E-state index contributed by atoms with van der Waals surface area (Å²) in [5, 5.41) is 6.90. The molecule has 2 N–H and O–H groups in total.